The fourth-order valence-electron chi connectivity index (χ4n) is 1.89. The summed E-state index contributed by atoms with van der Waals surface area (Å²) < 4.78 is 7.30. The number of nitrogens with one attached hydrogen (secondary N) is 1. The van der Waals surface area contributed by atoms with E-state index >= 15 is 0 Å². The SMILES string of the molecule is C[C@@H](NC(=O)COc1ccccc1Br)c1ccccc1Br. The maximum absolute atomic E-state index is 12.0. The monoisotopic (exact) mass is 411 g/mol. The standard InChI is InChI=1S/C16H15Br2NO2/c1-11(12-6-2-3-7-13(12)17)19-16(20)10-21-15-9-5-4-8-14(15)18/h2-9,11H,10H2,1H3,(H,19,20)/t11-/m1/s1. The number of carbonyl (C=O) groups is 1. The van der Waals surface area contributed by atoms with E-state index in [2.05, 4.69) is 37.2 Å². The second-order valence-electron chi connectivity index (χ2n) is 4.53. The third kappa shape index (κ3) is 4.58. The number of halogens is 2. The molecule has 2 aromatic rings. The Morgan fingerprint density at radius 2 is 1.71 bits per heavy atom. The van der Waals surface area contributed by atoms with E-state index in [4.69, 9.17) is 4.74 Å². The first-order valence-corrected chi connectivity index (χ1v) is 8.07. The van der Waals surface area contributed by atoms with Crippen LogP contribution in [0.3, 0.4) is 0 Å². The van der Waals surface area contributed by atoms with Crippen molar-refractivity contribution in [1.29, 1.82) is 0 Å². The lowest BCUT2D eigenvalue weighted by atomic mass is 10.1. The van der Waals surface area contributed by atoms with Gasteiger partial charge in [-0.05, 0) is 46.6 Å². The molecule has 3 nitrogen and oxygen atoms in total. The highest BCUT2D eigenvalue weighted by atomic mass is 79.9. The van der Waals surface area contributed by atoms with E-state index in [-0.39, 0.29) is 18.6 Å². The van der Waals surface area contributed by atoms with Crippen LogP contribution in [0.4, 0.5) is 0 Å². The predicted octanol–water partition coefficient (Wildman–Crippen LogP) is 4.47. The van der Waals surface area contributed by atoms with Gasteiger partial charge in [-0.2, -0.15) is 0 Å². The second-order valence-corrected chi connectivity index (χ2v) is 6.24. The van der Waals surface area contributed by atoms with Crippen LogP contribution in [0.2, 0.25) is 0 Å². The molecule has 0 heterocycles. The Balaban J connectivity index is 1.90. The first kappa shape index (κ1) is 16.0. The molecular weight excluding hydrogens is 398 g/mol. The molecule has 0 aliphatic carbocycles. The Morgan fingerprint density at radius 1 is 1.10 bits per heavy atom. The quantitative estimate of drug-likeness (QED) is 0.786. The van der Waals surface area contributed by atoms with E-state index in [1.807, 2.05) is 55.5 Å². The molecule has 0 radical (unpaired) electrons. The van der Waals surface area contributed by atoms with E-state index < -0.39 is 0 Å². The number of para-hydroxylation sites is 1. The molecule has 2 aromatic carbocycles. The van der Waals surface area contributed by atoms with Gasteiger partial charge >= 0.3 is 0 Å². The smallest absolute Gasteiger partial charge is 0.258 e. The lowest BCUT2D eigenvalue weighted by Gasteiger charge is -2.16. The maximum atomic E-state index is 12.0. The van der Waals surface area contributed by atoms with Gasteiger partial charge < -0.3 is 10.1 Å². The molecule has 0 unspecified atom stereocenters. The number of ether oxygens (including phenoxy) is 1. The Morgan fingerprint density at radius 3 is 2.38 bits per heavy atom. The summed E-state index contributed by atoms with van der Waals surface area (Å²) in [7, 11) is 0. The van der Waals surface area contributed by atoms with Crippen LogP contribution in [0.25, 0.3) is 0 Å². The van der Waals surface area contributed by atoms with Crippen molar-refractivity contribution in [2.75, 3.05) is 6.61 Å². The van der Waals surface area contributed by atoms with Crippen molar-refractivity contribution in [2.45, 2.75) is 13.0 Å². The van der Waals surface area contributed by atoms with Gasteiger partial charge in [0.05, 0.1) is 10.5 Å². The van der Waals surface area contributed by atoms with Gasteiger partial charge in [-0.25, -0.2) is 0 Å². The molecule has 0 aromatic heterocycles. The Bertz CT molecular complexity index is 631. The van der Waals surface area contributed by atoms with Crippen LogP contribution in [0.15, 0.2) is 57.5 Å². The summed E-state index contributed by atoms with van der Waals surface area (Å²) in [4.78, 5) is 12.0. The molecule has 1 atom stereocenters. The van der Waals surface area contributed by atoms with Crippen LogP contribution >= 0.6 is 31.9 Å². The zero-order chi connectivity index (χ0) is 15.2. The van der Waals surface area contributed by atoms with Gasteiger partial charge in [-0.1, -0.05) is 46.3 Å². The molecule has 0 bridgehead atoms. The van der Waals surface area contributed by atoms with Crippen molar-refractivity contribution in [3.05, 3.63) is 63.0 Å². The number of carbonyl (C=O) groups excluding carboxylic acids is 1. The summed E-state index contributed by atoms with van der Waals surface area (Å²) in [6.07, 6.45) is 0. The van der Waals surface area contributed by atoms with Gasteiger partial charge in [0.25, 0.3) is 5.91 Å². The Hall–Kier alpha value is -1.33. The molecule has 0 aliphatic rings. The van der Waals surface area contributed by atoms with Crippen LogP contribution in [0.1, 0.15) is 18.5 Å². The summed E-state index contributed by atoms with van der Waals surface area (Å²) in [5.41, 5.74) is 1.03. The largest absolute Gasteiger partial charge is 0.483 e. The zero-order valence-electron chi connectivity index (χ0n) is 11.5. The van der Waals surface area contributed by atoms with Crippen molar-refractivity contribution < 1.29 is 9.53 Å². The van der Waals surface area contributed by atoms with E-state index in [0.29, 0.717) is 5.75 Å². The molecule has 1 N–H and O–H groups in total. The second kappa shape index (κ2) is 7.61. The first-order chi connectivity index (χ1) is 10.1. The molecule has 110 valence electrons. The average Bonchev–Trinajstić information content (AvgIpc) is 2.46. The third-order valence-corrected chi connectivity index (χ3v) is 4.32. The number of rotatable bonds is 5. The number of benzene rings is 2. The van der Waals surface area contributed by atoms with Gasteiger partial charge in [0.2, 0.25) is 0 Å². The molecule has 0 spiro atoms. The third-order valence-electron chi connectivity index (χ3n) is 2.94. The summed E-state index contributed by atoms with van der Waals surface area (Å²) >= 11 is 6.86. The fourth-order valence-corrected chi connectivity index (χ4v) is 2.92. The van der Waals surface area contributed by atoms with Crippen molar-refractivity contribution >= 4 is 37.8 Å². The lowest BCUT2D eigenvalue weighted by Crippen LogP contribution is -2.31. The minimum absolute atomic E-state index is 0.0165. The van der Waals surface area contributed by atoms with Crippen LogP contribution in [0, 0.1) is 0 Å². The van der Waals surface area contributed by atoms with Gasteiger partial charge in [-0.15, -0.1) is 0 Å². The number of amides is 1. The molecule has 0 aliphatic heterocycles. The number of hydrogen-bond acceptors (Lipinski definition) is 2. The average molecular weight is 413 g/mol. The molecule has 5 heteroatoms. The summed E-state index contributed by atoms with van der Waals surface area (Å²) in [6, 6.07) is 15.2. The van der Waals surface area contributed by atoms with Crippen LogP contribution in [-0.2, 0) is 4.79 Å². The normalized spacial score (nSPS) is 11.8. The van der Waals surface area contributed by atoms with Gasteiger partial charge in [-0.3, -0.25) is 4.79 Å². The van der Waals surface area contributed by atoms with Gasteiger partial charge in [0.15, 0.2) is 6.61 Å². The number of hydrogen-bond donors (Lipinski definition) is 1. The summed E-state index contributed by atoms with van der Waals surface area (Å²) in [5, 5.41) is 2.92. The summed E-state index contributed by atoms with van der Waals surface area (Å²) in [5.74, 6) is 0.496. The van der Waals surface area contributed by atoms with E-state index in [9.17, 15) is 4.79 Å². The molecule has 21 heavy (non-hydrogen) atoms. The predicted molar refractivity (Wildman–Crippen MR) is 90.3 cm³/mol. The molecular formula is C16H15Br2NO2. The Kier molecular flexibility index (Phi) is 5.82. The fraction of sp³-hybridized carbons (Fsp3) is 0.188. The molecule has 0 saturated heterocycles. The van der Waals surface area contributed by atoms with E-state index in [1.165, 1.54) is 0 Å². The van der Waals surface area contributed by atoms with Crippen molar-refractivity contribution in [1.82, 2.24) is 5.32 Å². The zero-order valence-corrected chi connectivity index (χ0v) is 14.6. The van der Waals surface area contributed by atoms with Crippen molar-refractivity contribution in [2.24, 2.45) is 0 Å². The van der Waals surface area contributed by atoms with Crippen LogP contribution < -0.4 is 10.1 Å². The minimum atomic E-state index is -0.158. The first-order valence-electron chi connectivity index (χ1n) is 6.49. The highest BCUT2D eigenvalue weighted by molar-refractivity contribution is 9.10. The van der Waals surface area contributed by atoms with Crippen LogP contribution in [-0.4, -0.2) is 12.5 Å². The van der Waals surface area contributed by atoms with E-state index in [1.54, 1.807) is 0 Å². The molecule has 1 amide bonds. The highest BCUT2D eigenvalue weighted by Crippen LogP contribution is 2.24. The minimum Gasteiger partial charge on any atom is -0.483 e. The highest BCUT2D eigenvalue weighted by Gasteiger charge is 2.12. The van der Waals surface area contributed by atoms with Gasteiger partial charge in [0, 0.05) is 4.47 Å². The van der Waals surface area contributed by atoms with Crippen molar-refractivity contribution in [3.8, 4) is 5.75 Å². The Labute approximate surface area is 141 Å². The lowest BCUT2D eigenvalue weighted by molar-refractivity contribution is -0.123. The van der Waals surface area contributed by atoms with Crippen molar-refractivity contribution in [3.63, 3.8) is 0 Å². The maximum Gasteiger partial charge on any atom is 0.258 e. The molecule has 0 fully saturated rings. The molecule has 0 saturated carbocycles. The van der Waals surface area contributed by atoms with E-state index in [0.717, 1.165) is 14.5 Å². The van der Waals surface area contributed by atoms with Crippen LogP contribution in [0.5, 0.6) is 5.75 Å². The molecule has 2 rings (SSSR count). The topological polar surface area (TPSA) is 38.3 Å². The summed E-state index contributed by atoms with van der Waals surface area (Å²) in [6.45, 7) is 1.92. The van der Waals surface area contributed by atoms with Gasteiger partial charge in [0.1, 0.15) is 5.75 Å².